The van der Waals surface area contributed by atoms with Gasteiger partial charge in [0.1, 0.15) is 11.6 Å². The van der Waals surface area contributed by atoms with Crippen LogP contribution in [0.5, 0.6) is 5.75 Å². The third-order valence-electron chi connectivity index (χ3n) is 5.96. The Morgan fingerprint density at radius 3 is 2.66 bits per heavy atom. The number of halogens is 4. The van der Waals surface area contributed by atoms with Crippen LogP contribution in [0.2, 0.25) is 0 Å². The lowest BCUT2D eigenvalue weighted by Crippen LogP contribution is -2.53. The van der Waals surface area contributed by atoms with Crippen molar-refractivity contribution >= 4 is 16.6 Å². The molecule has 1 unspecified atom stereocenters. The van der Waals surface area contributed by atoms with Gasteiger partial charge in [0.05, 0.1) is 18.7 Å². The number of alkyl halides is 3. The number of rotatable bonds is 6. The number of pyridine rings is 1. The van der Waals surface area contributed by atoms with Crippen molar-refractivity contribution in [1.82, 2.24) is 4.98 Å². The molecule has 8 heteroatoms. The van der Waals surface area contributed by atoms with Gasteiger partial charge in [0, 0.05) is 34.8 Å². The molecule has 0 amide bonds. The second kappa shape index (κ2) is 7.92. The fourth-order valence-electron chi connectivity index (χ4n) is 4.36. The molecule has 1 aliphatic heterocycles. The second-order valence-corrected chi connectivity index (χ2v) is 8.86. The molecule has 1 aromatic heterocycles. The smallest absolute Gasteiger partial charge is 0.418 e. The van der Waals surface area contributed by atoms with Crippen molar-refractivity contribution in [2.45, 2.75) is 43.9 Å². The van der Waals surface area contributed by atoms with E-state index in [1.807, 2.05) is 0 Å². The van der Waals surface area contributed by atoms with Gasteiger partial charge in [0.2, 0.25) is 0 Å². The predicted molar refractivity (Wildman–Crippen MR) is 114 cm³/mol. The number of hydrogen-bond donors (Lipinski definition) is 2. The van der Waals surface area contributed by atoms with Gasteiger partial charge in [-0.2, -0.15) is 13.2 Å². The van der Waals surface area contributed by atoms with Gasteiger partial charge in [-0.1, -0.05) is 19.9 Å². The van der Waals surface area contributed by atoms with Crippen molar-refractivity contribution in [2.24, 2.45) is 0 Å². The Morgan fingerprint density at radius 2 is 1.91 bits per heavy atom. The predicted octanol–water partition coefficient (Wildman–Crippen LogP) is 5.38. The lowest BCUT2D eigenvalue weighted by atomic mass is 9.74. The van der Waals surface area contributed by atoms with E-state index in [1.54, 1.807) is 50.4 Å². The van der Waals surface area contributed by atoms with Crippen molar-refractivity contribution < 1.29 is 27.4 Å². The zero-order valence-corrected chi connectivity index (χ0v) is 17.8. The van der Waals surface area contributed by atoms with E-state index in [0.29, 0.717) is 46.5 Å². The van der Waals surface area contributed by atoms with Crippen molar-refractivity contribution in [2.75, 3.05) is 18.5 Å². The molecule has 2 aromatic carbocycles. The van der Waals surface area contributed by atoms with E-state index in [-0.39, 0.29) is 0 Å². The van der Waals surface area contributed by atoms with E-state index in [0.717, 1.165) is 0 Å². The molecule has 0 saturated carbocycles. The fourth-order valence-corrected chi connectivity index (χ4v) is 4.36. The average Bonchev–Trinajstić information content (AvgIpc) is 3.18. The Hall–Kier alpha value is -2.87. The van der Waals surface area contributed by atoms with Crippen LogP contribution >= 0.6 is 0 Å². The van der Waals surface area contributed by atoms with Crippen LogP contribution < -0.4 is 10.1 Å². The van der Waals surface area contributed by atoms with E-state index in [9.17, 15) is 22.7 Å². The summed E-state index contributed by atoms with van der Waals surface area (Å²) in [5.74, 6) is -0.122. The Bertz CT molecular complexity index is 1140. The molecule has 0 saturated heterocycles. The Kier molecular flexibility index (Phi) is 5.53. The number of anilines is 1. The maximum Gasteiger partial charge on any atom is 0.418 e. The number of hydrogen-bond acceptors (Lipinski definition) is 4. The third kappa shape index (κ3) is 4.11. The number of nitrogens with zero attached hydrogens (tertiary/aromatic N) is 1. The summed E-state index contributed by atoms with van der Waals surface area (Å²) in [4.78, 5) is 4.20. The Balaban J connectivity index is 1.65. The molecule has 4 rings (SSSR count). The van der Waals surface area contributed by atoms with Crippen LogP contribution in [-0.2, 0) is 11.8 Å². The van der Waals surface area contributed by atoms with Gasteiger partial charge in [-0.3, -0.25) is 4.98 Å². The third-order valence-corrected chi connectivity index (χ3v) is 5.96. The highest BCUT2D eigenvalue weighted by Gasteiger charge is 2.56. The molecule has 0 spiro atoms. The van der Waals surface area contributed by atoms with Crippen molar-refractivity contribution in [3.05, 3.63) is 65.6 Å². The number of ether oxygens (including phenoxy) is 1. The van der Waals surface area contributed by atoms with Gasteiger partial charge in [-0.05, 0) is 48.2 Å². The summed E-state index contributed by atoms with van der Waals surface area (Å²) < 4.78 is 62.1. The lowest BCUT2D eigenvalue weighted by Gasteiger charge is -2.38. The highest BCUT2D eigenvalue weighted by Crippen LogP contribution is 2.46. The van der Waals surface area contributed by atoms with Gasteiger partial charge >= 0.3 is 6.18 Å². The van der Waals surface area contributed by atoms with E-state index < -0.39 is 36.0 Å². The van der Waals surface area contributed by atoms with Crippen LogP contribution in [-0.4, -0.2) is 35.0 Å². The van der Waals surface area contributed by atoms with Crippen molar-refractivity contribution in [3.63, 3.8) is 0 Å². The average molecular weight is 448 g/mol. The number of nitrogens with one attached hydrogen (secondary N) is 1. The molecule has 0 bridgehead atoms. The molecular formula is C24H24F4N2O2. The highest BCUT2D eigenvalue weighted by molar-refractivity contribution is 5.91. The first kappa shape index (κ1) is 22.3. The Labute approximate surface area is 183 Å². The van der Waals surface area contributed by atoms with Crippen molar-refractivity contribution in [1.29, 1.82) is 0 Å². The molecule has 4 nitrogen and oxygen atoms in total. The maximum atomic E-state index is 14.2. The van der Waals surface area contributed by atoms with E-state index >= 15 is 0 Å². The minimum absolute atomic E-state index is 0.321. The molecule has 170 valence electrons. The first-order chi connectivity index (χ1) is 15.0. The zero-order valence-electron chi connectivity index (χ0n) is 17.8. The number of benzene rings is 2. The minimum atomic E-state index is -4.92. The number of fused-ring (bicyclic) bond motifs is 2. The largest absolute Gasteiger partial charge is 0.493 e. The van der Waals surface area contributed by atoms with Gasteiger partial charge < -0.3 is 15.2 Å². The van der Waals surface area contributed by atoms with Crippen LogP contribution in [0.25, 0.3) is 10.9 Å². The monoisotopic (exact) mass is 448 g/mol. The first-order valence-electron chi connectivity index (χ1n) is 10.3. The van der Waals surface area contributed by atoms with E-state index in [4.69, 9.17) is 4.74 Å². The van der Waals surface area contributed by atoms with Crippen molar-refractivity contribution in [3.8, 4) is 5.75 Å². The van der Waals surface area contributed by atoms with Gasteiger partial charge in [-0.15, -0.1) is 0 Å². The summed E-state index contributed by atoms with van der Waals surface area (Å²) >= 11 is 0. The summed E-state index contributed by atoms with van der Waals surface area (Å²) in [7, 11) is 0. The summed E-state index contributed by atoms with van der Waals surface area (Å²) in [5.41, 5.74) is -2.28. The van der Waals surface area contributed by atoms with Crippen LogP contribution in [0.15, 0.2) is 48.7 Å². The summed E-state index contributed by atoms with van der Waals surface area (Å²) in [5, 5.41) is 14.3. The second-order valence-electron chi connectivity index (χ2n) is 8.86. The molecule has 3 aromatic rings. The molecule has 0 aliphatic carbocycles. The topological polar surface area (TPSA) is 54.4 Å². The zero-order chi connectivity index (χ0) is 23.1. The highest BCUT2D eigenvalue weighted by atomic mass is 19.4. The molecule has 1 atom stereocenters. The lowest BCUT2D eigenvalue weighted by molar-refractivity contribution is -0.260. The normalized spacial score (nSPS) is 15.8. The molecule has 0 radical (unpaired) electrons. The first-order valence-corrected chi connectivity index (χ1v) is 10.3. The molecular weight excluding hydrogens is 424 g/mol. The summed E-state index contributed by atoms with van der Waals surface area (Å²) in [6.45, 7) is 2.69. The number of aliphatic hydroxyl groups is 1. The van der Waals surface area contributed by atoms with Crippen LogP contribution in [0, 0.1) is 5.82 Å². The van der Waals surface area contributed by atoms with E-state index in [1.165, 1.54) is 12.1 Å². The molecule has 32 heavy (non-hydrogen) atoms. The summed E-state index contributed by atoms with van der Waals surface area (Å²) in [6.07, 6.45) is -3.51. The number of aromatic nitrogens is 1. The van der Waals surface area contributed by atoms with Crippen LogP contribution in [0.4, 0.5) is 23.2 Å². The molecule has 2 N–H and O–H groups in total. The molecule has 1 aliphatic rings. The fraction of sp³-hybridized carbons (Fsp3) is 0.375. The van der Waals surface area contributed by atoms with Gasteiger partial charge in [0.25, 0.3) is 0 Å². The molecule has 2 heterocycles. The van der Waals surface area contributed by atoms with Gasteiger partial charge in [-0.25, -0.2) is 4.39 Å². The maximum absolute atomic E-state index is 14.2. The minimum Gasteiger partial charge on any atom is -0.493 e. The van der Waals surface area contributed by atoms with Crippen LogP contribution in [0.3, 0.4) is 0 Å². The summed E-state index contributed by atoms with van der Waals surface area (Å²) in [6, 6.07) is 11.1. The van der Waals surface area contributed by atoms with Gasteiger partial charge in [0.15, 0.2) is 5.60 Å². The van der Waals surface area contributed by atoms with E-state index in [2.05, 4.69) is 10.3 Å². The quantitative estimate of drug-likeness (QED) is 0.497. The standard InChI is InChI=1S/C24H24F4N2O2/c1-22(2,18-12-16(25)11-15-8-10-32-21(15)18)13-23(31,24(26,27)28)14-30-20-7-3-6-19-17(20)5-4-9-29-19/h3-7,9,11-12,30-31H,8,10,13-14H2,1-2H3. The molecule has 0 fully saturated rings. The van der Waals surface area contributed by atoms with Crippen LogP contribution in [0.1, 0.15) is 31.4 Å². The Morgan fingerprint density at radius 1 is 1.12 bits per heavy atom. The SMILES string of the molecule is CC(C)(CC(O)(CNc1cccc2ncccc12)C(F)(F)F)c1cc(F)cc2c1OCC2.